The third-order valence-corrected chi connectivity index (χ3v) is 4.31. The molecule has 1 spiro atoms. The Kier molecular flexibility index (Phi) is 4.03. The van der Waals surface area contributed by atoms with Gasteiger partial charge in [-0.05, 0) is 44.4 Å². The fraction of sp³-hybridized carbons (Fsp3) is 0.562. The molecule has 4 heteroatoms. The van der Waals surface area contributed by atoms with E-state index in [1.165, 1.54) is 6.42 Å². The molecule has 20 heavy (non-hydrogen) atoms. The van der Waals surface area contributed by atoms with Crippen molar-refractivity contribution in [3.8, 4) is 0 Å². The molecule has 2 N–H and O–H groups in total. The Morgan fingerprint density at radius 3 is 2.95 bits per heavy atom. The highest BCUT2D eigenvalue weighted by Crippen LogP contribution is 2.33. The predicted octanol–water partition coefficient (Wildman–Crippen LogP) is 1.72. The molecule has 1 aromatic carbocycles. The first-order chi connectivity index (χ1) is 9.77. The molecule has 2 saturated heterocycles. The monoisotopic (exact) mass is 274 g/mol. The van der Waals surface area contributed by atoms with Gasteiger partial charge in [0.15, 0.2) is 0 Å². The van der Waals surface area contributed by atoms with Crippen LogP contribution in [0.1, 0.15) is 36.0 Å². The molecule has 2 heterocycles. The van der Waals surface area contributed by atoms with Gasteiger partial charge in [-0.2, -0.15) is 0 Å². The minimum absolute atomic E-state index is 0.0154. The zero-order valence-electron chi connectivity index (χ0n) is 11.7. The van der Waals surface area contributed by atoms with E-state index in [-0.39, 0.29) is 17.6 Å². The summed E-state index contributed by atoms with van der Waals surface area (Å²) >= 11 is 0. The fourth-order valence-electron chi connectivity index (χ4n) is 3.20. The Bertz CT molecular complexity index is 455. The van der Waals surface area contributed by atoms with E-state index >= 15 is 0 Å². The highest BCUT2D eigenvalue weighted by atomic mass is 16.5. The maximum absolute atomic E-state index is 12.0. The van der Waals surface area contributed by atoms with E-state index in [1.54, 1.807) is 0 Å². The maximum Gasteiger partial charge on any atom is 0.251 e. The minimum Gasteiger partial charge on any atom is -0.369 e. The highest BCUT2D eigenvalue weighted by molar-refractivity contribution is 5.94. The Morgan fingerprint density at radius 2 is 2.20 bits per heavy atom. The summed E-state index contributed by atoms with van der Waals surface area (Å²) in [7, 11) is 0. The van der Waals surface area contributed by atoms with Crippen molar-refractivity contribution in [1.82, 2.24) is 10.6 Å². The van der Waals surface area contributed by atoms with Gasteiger partial charge in [-0.15, -0.1) is 0 Å². The number of hydrogen-bond acceptors (Lipinski definition) is 3. The Balaban J connectivity index is 1.52. The summed E-state index contributed by atoms with van der Waals surface area (Å²) < 4.78 is 6.24. The van der Waals surface area contributed by atoms with Gasteiger partial charge in [-0.1, -0.05) is 18.2 Å². The first-order valence-corrected chi connectivity index (χ1v) is 7.49. The van der Waals surface area contributed by atoms with E-state index in [0.717, 1.165) is 32.4 Å². The summed E-state index contributed by atoms with van der Waals surface area (Å²) in [5.41, 5.74) is 0.737. The molecule has 108 valence electrons. The van der Waals surface area contributed by atoms with Gasteiger partial charge in [0.2, 0.25) is 0 Å². The average Bonchev–Trinajstić information content (AvgIpc) is 2.93. The van der Waals surface area contributed by atoms with Crippen LogP contribution in [0.5, 0.6) is 0 Å². The molecule has 2 atom stereocenters. The summed E-state index contributed by atoms with van der Waals surface area (Å²) in [5.74, 6) is -0.0154. The number of amides is 1. The number of rotatable bonds is 3. The van der Waals surface area contributed by atoms with Gasteiger partial charge in [0.05, 0.1) is 11.7 Å². The number of carbonyl (C=O) groups excluding carboxylic acids is 1. The molecular weight excluding hydrogens is 252 g/mol. The smallest absolute Gasteiger partial charge is 0.251 e. The van der Waals surface area contributed by atoms with Crippen molar-refractivity contribution in [3.63, 3.8) is 0 Å². The van der Waals surface area contributed by atoms with Crippen molar-refractivity contribution in [1.29, 1.82) is 0 Å². The number of hydrogen-bond donors (Lipinski definition) is 2. The van der Waals surface area contributed by atoms with E-state index in [0.29, 0.717) is 12.1 Å². The molecule has 0 aliphatic carbocycles. The van der Waals surface area contributed by atoms with E-state index in [9.17, 15) is 4.79 Å². The molecule has 2 aliphatic heterocycles. The van der Waals surface area contributed by atoms with E-state index < -0.39 is 0 Å². The van der Waals surface area contributed by atoms with Crippen LogP contribution in [0.3, 0.4) is 0 Å². The molecular formula is C16H22N2O2. The molecule has 0 unspecified atom stereocenters. The Labute approximate surface area is 119 Å². The van der Waals surface area contributed by atoms with Crippen LogP contribution in [0.2, 0.25) is 0 Å². The number of benzene rings is 1. The largest absolute Gasteiger partial charge is 0.369 e. The van der Waals surface area contributed by atoms with Gasteiger partial charge in [-0.25, -0.2) is 0 Å². The van der Waals surface area contributed by atoms with Crippen LogP contribution in [0.25, 0.3) is 0 Å². The third-order valence-electron chi connectivity index (χ3n) is 4.31. The third kappa shape index (κ3) is 3.02. The van der Waals surface area contributed by atoms with E-state index in [2.05, 4.69) is 10.6 Å². The molecule has 2 fully saturated rings. The van der Waals surface area contributed by atoms with Crippen LogP contribution in [0.15, 0.2) is 30.3 Å². The summed E-state index contributed by atoms with van der Waals surface area (Å²) in [5, 5.41) is 6.37. The van der Waals surface area contributed by atoms with E-state index in [1.807, 2.05) is 30.3 Å². The van der Waals surface area contributed by atoms with Crippen molar-refractivity contribution in [2.75, 3.05) is 19.6 Å². The van der Waals surface area contributed by atoms with Crippen LogP contribution >= 0.6 is 0 Å². The molecule has 2 aliphatic rings. The minimum atomic E-state index is -0.0154. The summed E-state index contributed by atoms with van der Waals surface area (Å²) in [6.07, 6.45) is 4.61. The second kappa shape index (κ2) is 5.94. The normalized spacial score (nSPS) is 29.5. The lowest BCUT2D eigenvalue weighted by Gasteiger charge is -2.38. The second-order valence-corrected chi connectivity index (χ2v) is 5.82. The summed E-state index contributed by atoms with van der Waals surface area (Å²) in [6, 6.07) is 9.34. The topological polar surface area (TPSA) is 50.4 Å². The molecule has 4 nitrogen and oxygen atoms in total. The van der Waals surface area contributed by atoms with Gasteiger partial charge in [0.1, 0.15) is 0 Å². The summed E-state index contributed by atoms with van der Waals surface area (Å²) in [4.78, 5) is 12.0. The molecule has 3 rings (SSSR count). The molecule has 0 bridgehead atoms. The fourth-order valence-corrected chi connectivity index (χ4v) is 3.20. The standard InChI is InChI=1S/C16H22N2O2/c19-15(13-5-2-1-3-6-13)18-11-14-7-4-8-16(20-14)9-10-17-12-16/h1-3,5-6,14,17H,4,7-12H2,(H,18,19)/t14-,16+/m0/s1. The highest BCUT2D eigenvalue weighted by Gasteiger charge is 2.39. The van der Waals surface area contributed by atoms with Crippen LogP contribution in [0, 0.1) is 0 Å². The molecule has 1 amide bonds. The maximum atomic E-state index is 12.0. The van der Waals surface area contributed by atoms with E-state index in [4.69, 9.17) is 4.74 Å². The lowest BCUT2D eigenvalue weighted by atomic mass is 9.90. The van der Waals surface area contributed by atoms with Crippen molar-refractivity contribution < 1.29 is 9.53 Å². The van der Waals surface area contributed by atoms with Crippen LogP contribution in [-0.2, 0) is 4.74 Å². The van der Waals surface area contributed by atoms with Gasteiger partial charge in [0, 0.05) is 18.7 Å². The van der Waals surface area contributed by atoms with Gasteiger partial charge >= 0.3 is 0 Å². The zero-order valence-corrected chi connectivity index (χ0v) is 11.7. The van der Waals surface area contributed by atoms with Crippen LogP contribution < -0.4 is 10.6 Å². The van der Waals surface area contributed by atoms with Crippen LogP contribution in [-0.4, -0.2) is 37.2 Å². The molecule has 0 aromatic heterocycles. The number of carbonyl (C=O) groups is 1. The first kappa shape index (κ1) is 13.6. The number of nitrogens with one attached hydrogen (secondary N) is 2. The van der Waals surface area contributed by atoms with Crippen molar-refractivity contribution in [2.24, 2.45) is 0 Å². The van der Waals surface area contributed by atoms with Gasteiger partial charge in [-0.3, -0.25) is 4.79 Å². The van der Waals surface area contributed by atoms with Gasteiger partial charge < -0.3 is 15.4 Å². The Hall–Kier alpha value is -1.39. The molecule has 1 aromatic rings. The van der Waals surface area contributed by atoms with Crippen LogP contribution in [0.4, 0.5) is 0 Å². The number of ether oxygens (including phenoxy) is 1. The zero-order chi connectivity index (χ0) is 13.8. The van der Waals surface area contributed by atoms with Crippen molar-refractivity contribution in [3.05, 3.63) is 35.9 Å². The second-order valence-electron chi connectivity index (χ2n) is 5.82. The Morgan fingerprint density at radius 1 is 1.35 bits per heavy atom. The average molecular weight is 274 g/mol. The SMILES string of the molecule is O=C(NC[C@@H]1CCC[C@]2(CCNC2)O1)c1ccccc1. The quantitative estimate of drug-likeness (QED) is 0.882. The first-order valence-electron chi connectivity index (χ1n) is 7.49. The van der Waals surface area contributed by atoms with Crippen molar-refractivity contribution >= 4 is 5.91 Å². The van der Waals surface area contributed by atoms with Gasteiger partial charge in [0.25, 0.3) is 5.91 Å². The molecule has 0 saturated carbocycles. The van der Waals surface area contributed by atoms with Crippen molar-refractivity contribution in [2.45, 2.75) is 37.4 Å². The molecule has 0 radical (unpaired) electrons. The lowest BCUT2D eigenvalue weighted by Crippen LogP contribution is -2.46. The summed E-state index contributed by atoms with van der Waals surface area (Å²) in [6.45, 7) is 2.61. The lowest BCUT2D eigenvalue weighted by molar-refractivity contribution is -0.113. The predicted molar refractivity (Wildman–Crippen MR) is 77.7 cm³/mol.